The third-order valence-electron chi connectivity index (χ3n) is 3.86. The van der Waals surface area contributed by atoms with Crippen LogP contribution in [0.25, 0.3) is 0 Å². The number of hydrogen-bond donors (Lipinski definition) is 2. The van der Waals surface area contributed by atoms with Gasteiger partial charge in [0, 0.05) is 11.3 Å². The van der Waals surface area contributed by atoms with Gasteiger partial charge in [-0.25, -0.2) is 17.8 Å². The summed E-state index contributed by atoms with van der Waals surface area (Å²) in [5, 5.41) is 5.57. The highest BCUT2D eigenvalue weighted by molar-refractivity contribution is 7.98. The second kappa shape index (κ2) is 10.3. The van der Waals surface area contributed by atoms with Gasteiger partial charge in [-0.1, -0.05) is 26.0 Å². The summed E-state index contributed by atoms with van der Waals surface area (Å²) in [6.45, 7) is 4.29. The maximum atomic E-state index is 13.9. The van der Waals surface area contributed by atoms with Crippen molar-refractivity contribution in [3.05, 3.63) is 46.2 Å². The number of nitrogens with zero attached hydrogens (tertiary/aromatic N) is 1. The lowest BCUT2D eigenvalue weighted by Gasteiger charge is -2.18. The van der Waals surface area contributed by atoms with E-state index in [1.54, 1.807) is 0 Å². The molecule has 0 spiro atoms. The Bertz CT molecular complexity index is 900. The van der Waals surface area contributed by atoms with Crippen LogP contribution in [0, 0.1) is 5.82 Å². The standard InChI is InChI=1S/C18H24FN3O3S3/c1-12(2)18-21-13(11-27-18)10-20-17(23)15(8-9-26-3)22-28(24,25)16-7-5-4-6-14(16)19/h4-7,11-12,15,22H,8-10H2,1-3H3,(H,20,23). The Kier molecular flexibility index (Phi) is 8.41. The molecule has 1 amide bonds. The van der Waals surface area contributed by atoms with Crippen molar-refractivity contribution in [1.82, 2.24) is 15.0 Å². The number of hydrogen-bond acceptors (Lipinski definition) is 6. The molecule has 2 rings (SSSR count). The molecule has 1 atom stereocenters. The van der Waals surface area contributed by atoms with E-state index in [0.29, 0.717) is 11.7 Å². The highest BCUT2D eigenvalue weighted by Crippen LogP contribution is 2.19. The molecule has 2 N–H and O–H groups in total. The summed E-state index contributed by atoms with van der Waals surface area (Å²) < 4.78 is 41.3. The zero-order valence-electron chi connectivity index (χ0n) is 15.9. The number of nitrogens with one attached hydrogen (secondary N) is 2. The molecule has 1 aromatic heterocycles. The highest BCUT2D eigenvalue weighted by atomic mass is 32.2. The van der Waals surface area contributed by atoms with Crippen LogP contribution in [-0.2, 0) is 21.4 Å². The Morgan fingerprint density at radius 1 is 1.32 bits per heavy atom. The predicted molar refractivity (Wildman–Crippen MR) is 112 cm³/mol. The molecule has 154 valence electrons. The Hall–Kier alpha value is -1.49. The lowest BCUT2D eigenvalue weighted by atomic mass is 10.2. The minimum atomic E-state index is -4.16. The van der Waals surface area contributed by atoms with Gasteiger partial charge in [0.2, 0.25) is 15.9 Å². The lowest BCUT2D eigenvalue weighted by molar-refractivity contribution is -0.122. The van der Waals surface area contributed by atoms with E-state index in [9.17, 15) is 17.6 Å². The number of sulfonamides is 1. The largest absolute Gasteiger partial charge is 0.349 e. The van der Waals surface area contributed by atoms with Crippen molar-refractivity contribution in [3.63, 3.8) is 0 Å². The second-order valence-electron chi connectivity index (χ2n) is 6.44. The maximum absolute atomic E-state index is 13.9. The van der Waals surface area contributed by atoms with Crippen molar-refractivity contribution < 1.29 is 17.6 Å². The first-order valence-corrected chi connectivity index (χ1v) is 12.5. The smallest absolute Gasteiger partial charge is 0.244 e. The van der Waals surface area contributed by atoms with Crippen LogP contribution in [0.15, 0.2) is 34.5 Å². The first-order chi connectivity index (χ1) is 13.2. The first-order valence-electron chi connectivity index (χ1n) is 8.72. The zero-order valence-corrected chi connectivity index (χ0v) is 18.4. The molecule has 1 unspecified atom stereocenters. The summed E-state index contributed by atoms with van der Waals surface area (Å²) >= 11 is 3.02. The molecule has 1 aromatic carbocycles. The Morgan fingerprint density at radius 2 is 2.04 bits per heavy atom. The van der Waals surface area contributed by atoms with Crippen LogP contribution in [0.4, 0.5) is 4.39 Å². The topological polar surface area (TPSA) is 88.2 Å². The minimum absolute atomic E-state index is 0.208. The summed E-state index contributed by atoms with van der Waals surface area (Å²) in [6, 6.07) is 4.08. The van der Waals surface area contributed by atoms with Gasteiger partial charge in [0.25, 0.3) is 0 Å². The molecule has 2 aromatic rings. The normalized spacial score (nSPS) is 12.9. The van der Waals surface area contributed by atoms with E-state index in [1.165, 1.54) is 41.3 Å². The molecule has 0 fully saturated rings. The van der Waals surface area contributed by atoms with Gasteiger partial charge in [0.05, 0.1) is 17.2 Å². The molecule has 0 bridgehead atoms. The highest BCUT2D eigenvalue weighted by Gasteiger charge is 2.27. The number of rotatable bonds is 10. The second-order valence-corrected chi connectivity index (χ2v) is 9.99. The van der Waals surface area contributed by atoms with Crippen LogP contribution in [0.5, 0.6) is 0 Å². The van der Waals surface area contributed by atoms with Gasteiger partial charge >= 0.3 is 0 Å². The van der Waals surface area contributed by atoms with E-state index >= 15 is 0 Å². The third-order valence-corrected chi connectivity index (χ3v) is 7.20. The Morgan fingerprint density at radius 3 is 2.64 bits per heavy atom. The zero-order chi connectivity index (χ0) is 20.7. The fourth-order valence-corrected chi connectivity index (χ4v) is 4.98. The van der Waals surface area contributed by atoms with Gasteiger partial charge in [0.1, 0.15) is 16.8 Å². The SMILES string of the molecule is CSCCC(NS(=O)(=O)c1ccccc1F)C(=O)NCc1csc(C(C)C)n1. The van der Waals surface area contributed by atoms with Gasteiger partial charge in [-0.05, 0) is 30.6 Å². The number of amides is 1. The van der Waals surface area contributed by atoms with Gasteiger partial charge in [0.15, 0.2) is 0 Å². The number of carbonyl (C=O) groups excluding carboxylic acids is 1. The number of thioether (sulfide) groups is 1. The van der Waals surface area contributed by atoms with E-state index < -0.39 is 32.7 Å². The predicted octanol–water partition coefficient (Wildman–Crippen LogP) is 3.12. The molecule has 0 saturated heterocycles. The molecule has 28 heavy (non-hydrogen) atoms. The molecular weight excluding hydrogens is 421 g/mol. The number of carbonyl (C=O) groups is 1. The van der Waals surface area contributed by atoms with Crippen LogP contribution < -0.4 is 10.0 Å². The van der Waals surface area contributed by atoms with Crippen molar-refractivity contribution in [3.8, 4) is 0 Å². The number of benzene rings is 1. The fourth-order valence-electron chi connectivity index (χ4n) is 2.36. The van der Waals surface area contributed by atoms with Crippen LogP contribution in [0.3, 0.4) is 0 Å². The summed E-state index contributed by atoms with van der Waals surface area (Å²) in [7, 11) is -4.16. The van der Waals surface area contributed by atoms with Crippen LogP contribution in [-0.4, -0.2) is 37.4 Å². The molecular formula is C18H24FN3O3S3. The monoisotopic (exact) mass is 445 g/mol. The van der Waals surface area contributed by atoms with Crippen LogP contribution in [0.2, 0.25) is 0 Å². The molecule has 0 saturated carbocycles. The summed E-state index contributed by atoms with van der Waals surface area (Å²) in [6.07, 6.45) is 2.15. The summed E-state index contributed by atoms with van der Waals surface area (Å²) in [5.74, 6) is -0.446. The summed E-state index contributed by atoms with van der Waals surface area (Å²) in [4.78, 5) is 16.6. The average Bonchev–Trinajstić information content (AvgIpc) is 3.12. The molecule has 0 aliphatic heterocycles. The van der Waals surface area contributed by atoms with Crippen molar-refractivity contribution >= 4 is 39.0 Å². The van der Waals surface area contributed by atoms with Crippen LogP contribution in [0.1, 0.15) is 36.9 Å². The fraction of sp³-hybridized carbons (Fsp3) is 0.444. The van der Waals surface area contributed by atoms with Crippen molar-refractivity contribution in [2.24, 2.45) is 0 Å². The number of halogens is 1. The summed E-state index contributed by atoms with van der Waals surface area (Å²) in [5.41, 5.74) is 0.725. The van der Waals surface area contributed by atoms with Crippen molar-refractivity contribution in [2.45, 2.75) is 43.7 Å². The number of thiazole rings is 1. The van der Waals surface area contributed by atoms with E-state index in [2.05, 4.69) is 15.0 Å². The molecule has 0 aliphatic rings. The number of aromatic nitrogens is 1. The molecule has 0 radical (unpaired) electrons. The van der Waals surface area contributed by atoms with E-state index in [0.717, 1.165) is 16.8 Å². The van der Waals surface area contributed by atoms with Gasteiger partial charge in [-0.3, -0.25) is 4.79 Å². The molecule has 6 nitrogen and oxygen atoms in total. The Balaban J connectivity index is 2.09. The van der Waals surface area contributed by atoms with Gasteiger partial charge < -0.3 is 5.32 Å². The molecule has 0 aliphatic carbocycles. The van der Waals surface area contributed by atoms with Crippen molar-refractivity contribution in [2.75, 3.05) is 12.0 Å². The Labute approximate surface area is 173 Å². The molecule has 1 heterocycles. The lowest BCUT2D eigenvalue weighted by Crippen LogP contribution is -2.47. The van der Waals surface area contributed by atoms with Gasteiger partial charge in [-0.15, -0.1) is 11.3 Å². The van der Waals surface area contributed by atoms with Crippen molar-refractivity contribution in [1.29, 1.82) is 0 Å². The van der Waals surface area contributed by atoms with Gasteiger partial charge in [-0.2, -0.15) is 16.5 Å². The van der Waals surface area contributed by atoms with Crippen LogP contribution >= 0.6 is 23.1 Å². The molecule has 10 heteroatoms. The maximum Gasteiger partial charge on any atom is 0.244 e. The van der Waals surface area contributed by atoms with E-state index in [1.807, 2.05) is 25.5 Å². The average molecular weight is 446 g/mol. The third kappa shape index (κ3) is 6.26. The first kappa shape index (κ1) is 22.8. The van der Waals surface area contributed by atoms with E-state index in [4.69, 9.17) is 0 Å². The minimum Gasteiger partial charge on any atom is -0.349 e. The quantitative estimate of drug-likeness (QED) is 0.587. The van der Waals surface area contributed by atoms with E-state index in [-0.39, 0.29) is 13.0 Å².